The summed E-state index contributed by atoms with van der Waals surface area (Å²) < 4.78 is 50.4. The van der Waals surface area contributed by atoms with Crippen LogP contribution in [0.1, 0.15) is 33.6 Å². The molecule has 0 spiro atoms. The highest BCUT2D eigenvalue weighted by Crippen LogP contribution is 2.43. The molecule has 0 aromatic heterocycles. The van der Waals surface area contributed by atoms with E-state index >= 15 is 0 Å². The maximum atomic E-state index is 12.7. The molecule has 7 heteroatoms. The van der Waals surface area contributed by atoms with Crippen molar-refractivity contribution in [1.82, 2.24) is 4.31 Å². The molecule has 0 heterocycles. The zero-order chi connectivity index (χ0) is 14.4. The Morgan fingerprint density at radius 2 is 1.89 bits per heavy atom. The topological polar surface area (TPSA) is 57.6 Å². The highest BCUT2D eigenvalue weighted by molar-refractivity contribution is 7.89. The van der Waals surface area contributed by atoms with Crippen LogP contribution in [0.5, 0.6) is 0 Å². The molecule has 1 atom stereocenters. The zero-order valence-electron chi connectivity index (χ0n) is 11.2. The third-order valence-corrected chi connectivity index (χ3v) is 5.71. The van der Waals surface area contributed by atoms with Crippen LogP contribution < -0.4 is 0 Å². The molecule has 1 rings (SSSR count). The van der Waals surface area contributed by atoms with E-state index in [4.69, 9.17) is 0 Å². The predicted octanol–water partition coefficient (Wildman–Crippen LogP) is 1.45. The summed E-state index contributed by atoms with van der Waals surface area (Å²) in [6.07, 6.45) is -0.728. The van der Waals surface area contributed by atoms with Gasteiger partial charge in [-0.15, -0.1) is 0 Å². The van der Waals surface area contributed by atoms with Crippen LogP contribution in [0.2, 0.25) is 0 Å². The lowest BCUT2D eigenvalue weighted by Gasteiger charge is -2.38. The normalized spacial score (nSPS) is 22.9. The summed E-state index contributed by atoms with van der Waals surface area (Å²) >= 11 is 0. The fourth-order valence-electron chi connectivity index (χ4n) is 2.00. The van der Waals surface area contributed by atoms with Crippen LogP contribution in [0.25, 0.3) is 0 Å². The van der Waals surface area contributed by atoms with Crippen molar-refractivity contribution in [3.8, 4) is 0 Å². The first-order chi connectivity index (χ1) is 7.85. The Labute approximate surface area is 107 Å². The van der Waals surface area contributed by atoms with Gasteiger partial charge in [0.1, 0.15) is 0 Å². The summed E-state index contributed by atoms with van der Waals surface area (Å²) in [5.74, 6) is -3.47. The molecule has 1 saturated carbocycles. The smallest absolute Gasteiger partial charge is 0.248 e. The van der Waals surface area contributed by atoms with Crippen LogP contribution in [0.4, 0.5) is 8.78 Å². The number of alkyl halides is 2. The van der Waals surface area contributed by atoms with Crippen LogP contribution in [-0.2, 0) is 10.0 Å². The molecule has 0 amide bonds. The Morgan fingerprint density at radius 3 is 2.22 bits per heavy atom. The van der Waals surface area contributed by atoms with Gasteiger partial charge in [-0.05, 0) is 26.7 Å². The predicted molar refractivity (Wildman–Crippen MR) is 65.0 cm³/mol. The van der Waals surface area contributed by atoms with E-state index in [0.717, 1.165) is 4.31 Å². The van der Waals surface area contributed by atoms with Crippen LogP contribution in [0, 0.1) is 5.92 Å². The minimum absolute atomic E-state index is 0.278. The number of nitrogens with zero attached hydrogens (tertiary/aromatic N) is 1. The second-order valence-corrected chi connectivity index (χ2v) is 7.83. The Kier molecular flexibility index (Phi) is 4.11. The van der Waals surface area contributed by atoms with Gasteiger partial charge in [0.05, 0.1) is 11.4 Å². The fourth-order valence-corrected chi connectivity index (χ4v) is 3.81. The van der Waals surface area contributed by atoms with Crippen molar-refractivity contribution >= 4 is 10.0 Å². The molecule has 0 radical (unpaired) electrons. The number of likely N-dealkylation sites (N-methyl/N-ethyl adjacent to an activating group) is 1. The SMILES string of the molecule is CC(N(C)S(=O)(=O)CC1CC(F)(F)C1)C(C)(C)O. The second kappa shape index (κ2) is 4.68. The van der Waals surface area contributed by atoms with Crippen molar-refractivity contribution in [3.05, 3.63) is 0 Å². The zero-order valence-corrected chi connectivity index (χ0v) is 12.0. The average molecular weight is 285 g/mol. The Balaban J connectivity index is 2.65. The molecule has 0 saturated heterocycles. The van der Waals surface area contributed by atoms with Crippen LogP contribution in [0.3, 0.4) is 0 Å². The lowest BCUT2D eigenvalue weighted by atomic mass is 9.83. The monoisotopic (exact) mass is 285 g/mol. The maximum Gasteiger partial charge on any atom is 0.248 e. The van der Waals surface area contributed by atoms with Gasteiger partial charge in [0.25, 0.3) is 0 Å². The first-order valence-corrected chi connectivity index (χ1v) is 7.52. The van der Waals surface area contributed by atoms with Crippen molar-refractivity contribution in [3.63, 3.8) is 0 Å². The van der Waals surface area contributed by atoms with E-state index in [9.17, 15) is 22.3 Å². The van der Waals surface area contributed by atoms with E-state index in [2.05, 4.69) is 0 Å². The number of halogens is 2. The first-order valence-electron chi connectivity index (χ1n) is 5.91. The van der Waals surface area contributed by atoms with Crippen LogP contribution in [0.15, 0.2) is 0 Å². The van der Waals surface area contributed by atoms with E-state index in [0.29, 0.717) is 0 Å². The summed E-state index contributed by atoms with van der Waals surface area (Å²) in [6, 6.07) is -0.608. The van der Waals surface area contributed by atoms with Crippen molar-refractivity contribution in [2.45, 2.75) is 51.2 Å². The fraction of sp³-hybridized carbons (Fsp3) is 1.00. The molecular formula is C11H21F2NO3S. The molecule has 0 aromatic rings. The third-order valence-electron chi connectivity index (χ3n) is 3.63. The van der Waals surface area contributed by atoms with Gasteiger partial charge >= 0.3 is 0 Å². The quantitative estimate of drug-likeness (QED) is 0.832. The van der Waals surface area contributed by atoms with Gasteiger partial charge in [-0.2, -0.15) is 4.31 Å². The molecule has 1 unspecified atom stereocenters. The molecule has 18 heavy (non-hydrogen) atoms. The number of sulfonamides is 1. The van der Waals surface area contributed by atoms with Crippen LogP contribution in [-0.4, -0.2) is 48.2 Å². The average Bonchev–Trinajstić information content (AvgIpc) is 2.10. The Morgan fingerprint density at radius 1 is 1.44 bits per heavy atom. The molecule has 1 N–H and O–H groups in total. The lowest BCUT2D eigenvalue weighted by Crippen LogP contribution is -2.50. The van der Waals surface area contributed by atoms with E-state index in [-0.39, 0.29) is 18.6 Å². The largest absolute Gasteiger partial charge is 0.389 e. The van der Waals surface area contributed by atoms with E-state index in [1.54, 1.807) is 6.92 Å². The highest BCUT2D eigenvalue weighted by atomic mass is 32.2. The Hall–Kier alpha value is -0.270. The molecule has 0 aromatic carbocycles. The molecule has 0 aliphatic heterocycles. The molecular weight excluding hydrogens is 264 g/mol. The van der Waals surface area contributed by atoms with E-state index in [1.165, 1.54) is 20.9 Å². The third kappa shape index (κ3) is 3.61. The van der Waals surface area contributed by atoms with Crippen molar-refractivity contribution < 1.29 is 22.3 Å². The van der Waals surface area contributed by atoms with Gasteiger partial charge in [-0.25, -0.2) is 17.2 Å². The molecule has 4 nitrogen and oxygen atoms in total. The number of aliphatic hydroxyl groups is 1. The molecule has 1 fully saturated rings. The first kappa shape index (κ1) is 15.8. The summed E-state index contributed by atoms with van der Waals surface area (Å²) in [6.45, 7) is 4.62. The summed E-state index contributed by atoms with van der Waals surface area (Å²) in [7, 11) is -2.24. The van der Waals surface area contributed by atoms with Gasteiger partial charge in [0.15, 0.2) is 0 Å². The Bertz CT molecular complexity index is 395. The minimum atomic E-state index is -3.61. The highest BCUT2D eigenvalue weighted by Gasteiger charge is 2.47. The maximum absolute atomic E-state index is 12.7. The summed E-state index contributed by atoms with van der Waals surface area (Å²) in [4.78, 5) is 0. The van der Waals surface area contributed by atoms with E-state index < -0.39 is 33.5 Å². The van der Waals surface area contributed by atoms with Crippen molar-refractivity contribution in [2.24, 2.45) is 5.92 Å². The van der Waals surface area contributed by atoms with Crippen molar-refractivity contribution in [2.75, 3.05) is 12.8 Å². The summed E-state index contributed by atoms with van der Waals surface area (Å²) in [5, 5.41) is 9.78. The number of hydrogen-bond acceptors (Lipinski definition) is 3. The molecule has 1 aliphatic carbocycles. The second-order valence-electron chi connectivity index (χ2n) is 5.75. The minimum Gasteiger partial charge on any atom is -0.389 e. The lowest BCUT2D eigenvalue weighted by molar-refractivity contribution is -0.103. The van der Waals surface area contributed by atoms with Gasteiger partial charge in [0.2, 0.25) is 15.9 Å². The van der Waals surface area contributed by atoms with E-state index in [1.807, 2.05) is 0 Å². The molecule has 108 valence electrons. The number of hydrogen-bond donors (Lipinski definition) is 1. The summed E-state index contributed by atoms with van der Waals surface area (Å²) in [5.41, 5.74) is -1.18. The molecule has 1 aliphatic rings. The van der Waals surface area contributed by atoms with Crippen molar-refractivity contribution in [1.29, 1.82) is 0 Å². The molecule has 0 bridgehead atoms. The number of rotatable bonds is 5. The van der Waals surface area contributed by atoms with Gasteiger partial charge in [-0.1, -0.05) is 0 Å². The van der Waals surface area contributed by atoms with Gasteiger partial charge in [0, 0.05) is 25.9 Å². The standard InChI is InChI=1S/C11H21F2NO3S/c1-8(10(2,3)15)14(4)18(16,17)7-9-5-11(12,13)6-9/h8-9,15H,5-7H2,1-4H3. The van der Waals surface area contributed by atoms with Gasteiger partial charge < -0.3 is 5.11 Å². The van der Waals surface area contributed by atoms with Gasteiger partial charge in [-0.3, -0.25) is 0 Å². The van der Waals surface area contributed by atoms with Crippen LogP contribution >= 0.6 is 0 Å².